The van der Waals surface area contributed by atoms with Gasteiger partial charge in [0.15, 0.2) is 9.84 Å². The summed E-state index contributed by atoms with van der Waals surface area (Å²) in [7, 11) is -3.36. The van der Waals surface area contributed by atoms with Crippen molar-refractivity contribution in [1.29, 1.82) is 0 Å². The molecular formula is C14H15ClN2O3S. The highest BCUT2D eigenvalue weighted by Crippen LogP contribution is 2.24. The molecule has 3 rings (SSSR count). The number of hydrogen-bond acceptors (Lipinski definition) is 4. The first-order chi connectivity index (χ1) is 10.00. The summed E-state index contributed by atoms with van der Waals surface area (Å²) in [5.41, 5.74) is -0.347. The molecule has 1 aliphatic heterocycles. The third-order valence-electron chi connectivity index (χ3n) is 3.89. The van der Waals surface area contributed by atoms with E-state index in [1.807, 2.05) is 0 Å². The summed E-state index contributed by atoms with van der Waals surface area (Å²) in [6, 6.07) is 6.23. The van der Waals surface area contributed by atoms with Gasteiger partial charge in [0.05, 0.1) is 10.1 Å². The number of nitrogens with one attached hydrogen (secondary N) is 1. The molecule has 112 valence electrons. The molecule has 0 saturated carbocycles. The lowest BCUT2D eigenvalue weighted by atomic mass is 10.2. The SMILES string of the molecule is O=c1c2ccc(S(=O)(=O)C3CCNCC3)cc2ccn1Cl. The highest BCUT2D eigenvalue weighted by Gasteiger charge is 2.29. The van der Waals surface area contributed by atoms with Gasteiger partial charge in [-0.05, 0) is 55.6 Å². The van der Waals surface area contributed by atoms with Crippen LogP contribution >= 0.6 is 11.8 Å². The molecule has 7 heteroatoms. The number of aromatic nitrogens is 1. The number of piperidine rings is 1. The fraction of sp³-hybridized carbons (Fsp3) is 0.357. The number of halogens is 1. The highest BCUT2D eigenvalue weighted by molar-refractivity contribution is 7.92. The Morgan fingerprint density at radius 2 is 1.90 bits per heavy atom. The lowest BCUT2D eigenvalue weighted by Crippen LogP contribution is -2.35. The lowest BCUT2D eigenvalue weighted by Gasteiger charge is -2.22. The van der Waals surface area contributed by atoms with Crippen molar-refractivity contribution in [3.05, 3.63) is 40.8 Å². The van der Waals surface area contributed by atoms with Crippen molar-refractivity contribution in [3.8, 4) is 0 Å². The Morgan fingerprint density at radius 3 is 2.62 bits per heavy atom. The van der Waals surface area contributed by atoms with Crippen LogP contribution < -0.4 is 10.9 Å². The van der Waals surface area contributed by atoms with E-state index >= 15 is 0 Å². The Bertz CT molecular complexity index is 839. The molecular weight excluding hydrogens is 312 g/mol. The molecule has 21 heavy (non-hydrogen) atoms. The highest BCUT2D eigenvalue weighted by atomic mass is 35.5. The molecule has 0 aliphatic carbocycles. The number of rotatable bonds is 2. The monoisotopic (exact) mass is 326 g/mol. The van der Waals surface area contributed by atoms with Gasteiger partial charge in [0.2, 0.25) is 0 Å². The predicted molar refractivity (Wildman–Crippen MR) is 82.5 cm³/mol. The molecule has 1 N–H and O–H groups in total. The Hall–Kier alpha value is -1.37. The van der Waals surface area contributed by atoms with E-state index in [1.54, 1.807) is 12.1 Å². The summed E-state index contributed by atoms with van der Waals surface area (Å²) in [5, 5.41) is 3.80. The fourth-order valence-corrected chi connectivity index (χ4v) is 4.61. The van der Waals surface area contributed by atoms with Gasteiger partial charge in [-0.2, -0.15) is 0 Å². The summed E-state index contributed by atoms with van der Waals surface area (Å²) < 4.78 is 26.3. The maximum absolute atomic E-state index is 12.6. The number of hydrogen-bond donors (Lipinski definition) is 1. The fourth-order valence-electron chi connectivity index (χ4n) is 2.68. The van der Waals surface area contributed by atoms with E-state index in [0.717, 1.165) is 4.09 Å². The summed E-state index contributed by atoms with van der Waals surface area (Å²) in [6.45, 7) is 1.43. The molecule has 0 radical (unpaired) electrons. The van der Waals surface area contributed by atoms with E-state index in [0.29, 0.717) is 36.7 Å². The van der Waals surface area contributed by atoms with Crippen LogP contribution in [-0.2, 0) is 9.84 Å². The third kappa shape index (κ3) is 2.59. The van der Waals surface area contributed by atoms with Gasteiger partial charge in [0, 0.05) is 23.4 Å². The standard InChI is InChI=1S/C14H15ClN2O3S/c15-17-8-5-10-9-12(1-2-13(10)14(17)18)21(19,20)11-3-6-16-7-4-11/h1-2,5,8-9,11,16H,3-4,6-7H2. The van der Waals surface area contributed by atoms with E-state index < -0.39 is 9.84 Å². The van der Waals surface area contributed by atoms with Gasteiger partial charge in [-0.15, -0.1) is 0 Å². The zero-order valence-electron chi connectivity index (χ0n) is 11.3. The van der Waals surface area contributed by atoms with Gasteiger partial charge in [-0.1, -0.05) is 0 Å². The Kier molecular flexibility index (Phi) is 3.77. The largest absolute Gasteiger partial charge is 0.317 e. The summed E-state index contributed by atoms with van der Waals surface area (Å²) in [4.78, 5) is 12.1. The minimum absolute atomic E-state index is 0.272. The van der Waals surface area contributed by atoms with Crippen molar-refractivity contribution in [2.45, 2.75) is 23.0 Å². The Balaban J connectivity index is 2.08. The summed E-state index contributed by atoms with van der Waals surface area (Å²) in [6.07, 6.45) is 2.65. The third-order valence-corrected chi connectivity index (χ3v) is 6.41. The molecule has 0 spiro atoms. The molecule has 1 fully saturated rings. The van der Waals surface area contributed by atoms with E-state index in [-0.39, 0.29) is 15.7 Å². The normalized spacial score (nSPS) is 17.2. The molecule has 5 nitrogen and oxygen atoms in total. The molecule has 0 unspecified atom stereocenters. The summed E-state index contributed by atoms with van der Waals surface area (Å²) >= 11 is 5.72. The van der Waals surface area contributed by atoms with Crippen LogP contribution in [0.5, 0.6) is 0 Å². The van der Waals surface area contributed by atoms with Gasteiger partial charge in [-0.3, -0.25) is 4.79 Å². The van der Waals surface area contributed by atoms with Gasteiger partial charge >= 0.3 is 0 Å². The van der Waals surface area contributed by atoms with Crippen molar-refractivity contribution in [3.63, 3.8) is 0 Å². The molecule has 1 aliphatic rings. The molecule has 1 aromatic heterocycles. The average molecular weight is 327 g/mol. The van der Waals surface area contributed by atoms with Crippen LogP contribution in [0.15, 0.2) is 40.2 Å². The number of nitrogens with zero attached hydrogens (tertiary/aromatic N) is 1. The van der Waals surface area contributed by atoms with Gasteiger partial charge in [-0.25, -0.2) is 12.5 Å². The van der Waals surface area contributed by atoms with E-state index in [4.69, 9.17) is 11.8 Å². The first-order valence-corrected chi connectivity index (χ1v) is 8.65. The molecule has 0 atom stereocenters. The van der Waals surface area contributed by atoms with Gasteiger partial charge in [0.25, 0.3) is 5.56 Å². The minimum Gasteiger partial charge on any atom is -0.317 e. The van der Waals surface area contributed by atoms with E-state index in [2.05, 4.69) is 5.32 Å². The number of pyridine rings is 1. The number of fused-ring (bicyclic) bond motifs is 1. The van der Waals surface area contributed by atoms with Crippen molar-refractivity contribution >= 4 is 32.4 Å². The van der Waals surface area contributed by atoms with Crippen molar-refractivity contribution < 1.29 is 8.42 Å². The van der Waals surface area contributed by atoms with Crippen LogP contribution in [0.1, 0.15) is 12.8 Å². The lowest BCUT2D eigenvalue weighted by molar-refractivity contribution is 0.496. The van der Waals surface area contributed by atoms with E-state index in [1.165, 1.54) is 18.3 Å². The van der Waals surface area contributed by atoms with Crippen LogP contribution in [0, 0.1) is 0 Å². The van der Waals surface area contributed by atoms with Crippen LogP contribution in [0.3, 0.4) is 0 Å². The maximum atomic E-state index is 12.6. The first-order valence-electron chi connectivity index (χ1n) is 6.76. The second-order valence-corrected chi connectivity index (χ2v) is 7.77. The van der Waals surface area contributed by atoms with Crippen molar-refractivity contribution in [2.24, 2.45) is 0 Å². The maximum Gasteiger partial charge on any atom is 0.272 e. The van der Waals surface area contributed by atoms with Crippen LogP contribution in [0.2, 0.25) is 0 Å². The second kappa shape index (κ2) is 5.44. The predicted octanol–water partition coefficient (Wildman–Crippen LogP) is 1.53. The zero-order valence-corrected chi connectivity index (χ0v) is 12.8. The summed E-state index contributed by atoms with van der Waals surface area (Å²) in [5.74, 6) is 0. The molecule has 1 aromatic carbocycles. The topological polar surface area (TPSA) is 68.2 Å². The minimum atomic E-state index is -3.36. The quantitative estimate of drug-likeness (QED) is 0.908. The molecule has 0 bridgehead atoms. The molecule has 0 amide bonds. The van der Waals surface area contributed by atoms with Gasteiger partial charge in [0.1, 0.15) is 0 Å². The number of benzene rings is 1. The smallest absolute Gasteiger partial charge is 0.272 e. The van der Waals surface area contributed by atoms with Crippen LogP contribution in [0.4, 0.5) is 0 Å². The van der Waals surface area contributed by atoms with Gasteiger partial charge < -0.3 is 5.32 Å². The zero-order chi connectivity index (χ0) is 15.0. The molecule has 2 aromatic rings. The second-order valence-electron chi connectivity index (χ2n) is 5.18. The van der Waals surface area contributed by atoms with E-state index in [9.17, 15) is 13.2 Å². The van der Waals surface area contributed by atoms with Crippen molar-refractivity contribution in [2.75, 3.05) is 13.1 Å². The van der Waals surface area contributed by atoms with Crippen LogP contribution in [0.25, 0.3) is 10.8 Å². The van der Waals surface area contributed by atoms with Crippen LogP contribution in [-0.4, -0.2) is 30.8 Å². The Labute approximate surface area is 127 Å². The first kappa shape index (κ1) is 14.6. The average Bonchev–Trinajstić information content (AvgIpc) is 2.51. The Morgan fingerprint density at radius 1 is 1.19 bits per heavy atom. The molecule has 1 saturated heterocycles. The number of sulfone groups is 1. The molecule has 2 heterocycles. The van der Waals surface area contributed by atoms with Crippen molar-refractivity contribution in [1.82, 2.24) is 9.40 Å².